The Morgan fingerprint density at radius 3 is 2.79 bits per heavy atom. The Labute approximate surface area is 145 Å². The molecule has 1 fully saturated rings. The van der Waals surface area contributed by atoms with Crippen LogP contribution in [0.3, 0.4) is 0 Å². The van der Waals surface area contributed by atoms with Crippen LogP contribution in [-0.2, 0) is 13.0 Å². The van der Waals surface area contributed by atoms with Crippen LogP contribution >= 0.6 is 11.3 Å². The van der Waals surface area contributed by atoms with Gasteiger partial charge in [-0.25, -0.2) is 9.98 Å². The Bertz CT molecular complexity index is 542. The fourth-order valence-corrected chi connectivity index (χ4v) is 3.61. The van der Waals surface area contributed by atoms with E-state index in [1.807, 2.05) is 12.3 Å². The molecule has 0 aliphatic heterocycles. The van der Waals surface area contributed by atoms with Gasteiger partial charge < -0.3 is 10.6 Å². The van der Waals surface area contributed by atoms with Gasteiger partial charge in [-0.2, -0.15) is 13.2 Å². The number of hydrogen-bond acceptors (Lipinski definition) is 3. The second-order valence-corrected chi connectivity index (χ2v) is 6.97. The number of nitrogens with one attached hydrogen (secondary N) is 2. The van der Waals surface area contributed by atoms with Gasteiger partial charge in [0, 0.05) is 18.0 Å². The van der Waals surface area contributed by atoms with E-state index in [1.54, 1.807) is 11.3 Å². The number of rotatable bonds is 5. The minimum absolute atomic E-state index is 0.116. The quantitative estimate of drug-likeness (QED) is 0.617. The van der Waals surface area contributed by atoms with Crippen molar-refractivity contribution in [2.24, 2.45) is 10.9 Å². The number of nitrogens with zero attached hydrogens (tertiary/aromatic N) is 2. The fraction of sp³-hybridized carbons (Fsp3) is 0.750. The zero-order valence-electron chi connectivity index (χ0n) is 14.1. The highest BCUT2D eigenvalue weighted by molar-refractivity contribution is 7.09. The second-order valence-electron chi connectivity index (χ2n) is 6.03. The van der Waals surface area contributed by atoms with Gasteiger partial charge in [0.15, 0.2) is 5.96 Å². The largest absolute Gasteiger partial charge is 0.391 e. The van der Waals surface area contributed by atoms with E-state index < -0.39 is 12.1 Å². The third kappa shape index (κ3) is 5.65. The summed E-state index contributed by atoms with van der Waals surface area (Å²) >= 11 is 1.61. The van der Waals surface area contributed by atoms with Gasteiger partial charge in [-0.15, -0.1) is 11.3 Å². The first-order valence-corrected chi connectivity index (χ1v) is 9.35. The van der Waals surface area contributed by atoms with Crippen molar-refractivity contribution in [1.82, 2.24) is 15.6 Å². The number of alkyl halides is 3. The van der Waals surface area contributed by atoms with Crippen LogP contribution in [0, 0.1) is 5.92 Å². The van der Waals surface area contributed by atoms with Crippen LogP contribution < -0.4 is 10.6 Å². The number of guanidine groups is 1. The van der Waals surface area contributed by atoms with E-state index in [2.05, 4.69) is 27.5 Å². The average Bonchev–Trinajstić information content (AvgIpc) is 3.00. The summed E-state index contributed by atoms with van der Waals surface area (Å²) in [6, 6.07) is -0.190. The zero-order valence-corrected chi connectivity index (χ0v) is 14.9. The molecule has 2 rings (SSSR count). The van der Waals surface area contributed by atoms with E-state index in [0.29, 0.717) is 25.5 Å². The lowest BCUT2D eigenvalue weighted by atomic mass is 9.85. The maximum atomic E-state index is 12.9. The molecule has 4 nitrogen and oxygen atoms in total. The van der Waals surface area contributed by atoms with E-state index in [-0.39, 0.29) is 18.9 Å². The van der Waals surface area contributed by atoms with Crippen molar-refractivity contribution in [1.29, 1.82) is 0 Å². The summed E-state index contributed by atoms with van der Waals surface area (Å²) in [5.41, 5.74) is 0.894. The van der Waals surface area contributed by atoms with Crippen LogP contribution in [-0.4, -0.2) is 29.7 Å². The molecule has 2 unspecified atom stereocenters. The number of thiazole rings is 1. The van der Waals surface area contributed by atoms with Gasteiger partial charge in [0.2, 0.25) is 0 Å². The first-order valence-electron chi connectivity index (χ1n) is 8.47. The number of aryl methyl sites for hydroxylation is 1. The Morgan fingerprint density at radius 2 is 2.17 bits per heavy atom. The summed E-state index contributed by atoms with van der Waals surface area (Å²) in [7, 11) is 0. The van der Waals surface area contributed by atoms with Gasteiger partial charge >= 0.3 is 6.18 Å². The molecule has 1 saturated carbocycles. The van der Waals surface area contributed by atoms with Crippen molar-refractivity contribution in [3.63, 3.8) is 0 Å². The van der Waals surface area contributed by atoms with E-state index in [9.17, 15) is 13.2 Å². The maximum Gasteiger partial charge on any atom is 0.391 e. The van der Waals surface area contributed by atoms with Crippen LogP contribution in [0.4, 0.5) is 13.2 Å². The van der Waals surface area contributed by atoms with Crippen LogP contribution in [0.15, 0.2) is 10.4 Å². The second kappa shape index (κ2) is 8.69. The van der Waals surface area contributed by atoms with Gasteiger partial charge in [0.1, 0.15) is 0 Å². The molecule has 24 heavy (non-hydrogen) atoms. The lowest BCUT2D eigenvalue weighted by Gasteiger charge is -2.31. The van der Waals surface area contributed by atoms with Crippen molar-refractivity contribution in [2.45, 2.75) is 64.7 Å². The fourth-order valence-electron chi connectivity index (χ4n) is 2.88. The number of halogens is 3. The highest BCUT2D eigenvalue weighted by atomic mass is 32.1. The minimum atomic E-state index is -4.10. The number of aliphatic imine (C=N–C) groups is 1. The van der Waals surface area contributed by atoms with Crippen molar-refractivity contribution in [3.8, 4) is 0 Å². The lowest BCUT2D eigenvalue weighted by Crippen LogP contribution is -2.46. The maximum absolute atomic E-state index is 12.9. The highest BCUT2D eigenvalue weighted by Gasteiger charge is 2.42. The lowest BCUT2D eigenvalue weighted by molar-refractivity contribution is -0.183. The normalized spacial score (nSPS) is 22.5. The first-order chi connectivity index (χ1) is 11.4. The van der Waals surface area contributed by atoms with E-state index in [1.165, 1.54) is 0 Å². The van der Waals surface area contributed by atoms with Crippen molar-refractivity contribution in [3.05, 3.63) is 16.1 Å². The smallest absolute Gasteiger partial charge is 0.357 e. The molecule has 1 aliphatic rings. The summed E-state index contributed by atoms with van der Waals surface area (Å²) in [5, 5.41) is 9.32. The zero-order chi connectivity index (χ0) is 17.6. The molecule has 2 N–H and O–H groups in total. The molecular weight excluding hydrogens is 337 g/mol. The molecule has 1 aromatic rings. The van der Waals surface area contributed by atoms with E-state index >= 15 is 0 Å². The topological polar surface area (TPSA) is 49.3 Å². The van der Waals surface area contributed by atoms with Crippen LogP contribution in [0.2, 0.25) is 0 Å². The predicted molar refractivity (Wildman–Crippen MR) is 91.2 cm³/mol. The Hall–Kier alpha value is -1.31. The SMILES string of the molecule is CCNC(=NCc1csc(CC)n1)NC1CCCC(C(F)(F)F)C1. The predicted octanol–water partition coefficient (Wildman–Crippen LogP) is 3.88. The van der Waals surface area contributed by atoms with Gasteiger partial charge in [-0.05, 0) is 32.6 Å². The average molecular weight is 362 g/mol. The molecule has 136 valence electrons. The highest BCUT2D eigenvalue weighted by Crippen LogP contribution is 2.37. The summed E-state index contributed by atoms with van der Waals surface area (Å²) in [4.78, 5) is 8.93. The number of aromatic nitrogens is 1. The van der Waals surface area contributed by atoms with Gasteiger partial charge in [-0.1, -0.05) is 13.3 Å². The Morgan fingerprint density at radius 1 is 1.38 bits per heavy atom. The molecule has 0 radical (unpaired) electrons. The monoisotopic (exact) mass is 362 g/mol. The number of hydrogen-bond donors (Lipinski definition) is 2. The van der Waals surface area contributed by atoms with Crippen molar-refractivity contribution in [2.75, 3.05) is 6.54 Å². The molecule has 0 bridgehead atoms. The van der Waals surface area contributed by atoms with Gasteiger partial charge in [-0.3, -0.25) is 0 Å². The molecule has 0 saturated heterocycles. The standard InChI is InChI=1S/C16H25F3N4S/c1-3-14-22-13(10-24-14)9-21-15(20-4-2)23-12-7-5-6-11(8-12)16(17,18)19/h10-12H,3-9H2,1-2H3,(H2,20,21,23). The van der Waals surface area contributed by atoms with Crippen molar-refractivity contribution >= 4 is 17.3 Å². The van der Waals surface area contributed by atoms with E-state index in [4.69, 9.17) is 0 Å². The third-order valence-electron chi connectivity index (χ3n) is 4.12. The molecule has 0 aromatic carbocycles. The molecule has 8 heteroatoms. The minimum Gasteiger partial charge on any atom is -0.357 e. The summed E-state index contributed by atoms with van der Waals surface area (Å²) in [6.07, 6.45) is -1.53. The molecule has 0 spiro atoms. The summed E-state index contributed by atoms with van der Waals surface area (Å²) in [6.45, 7) is 5.09. The molecule has 1 heterocycles. The Kier molecular flexibility index (Phi) is 6.89. The van der Waals surface area contributed by atoms with E-state index in [0.717, 1.165) is 23.5 Å². The van der Waals surface area contributed by atoms with Crippen molar-refractivity contribution < 1.29 is 13.2 Å². The molecule has 1 aliphatic carbocycles. The molecule has 1 aromatic heterocycles. The first kappa shape index (κ1) is 19.0. The summed E-state index contributed by atoms with van der Waals surface area (Å²) in [5.74, 6) is -0.645. The van der Waals surface area contributed by atoms with Crippen LogP contribution in [0.5, 0.6) is 0 Å². The summed E-state index contributed by atoms with van der Waals surface area (Å²) < 4.78 is 38.8. The molecular formula is C16H25F3N4S. The molecule has 2 atom stereocenters. The molecule has 0 amide bonds. The Balaban J connectivity index is 1.95. The third-order valence-corrected chi connectivity index (χ3v) is 5.17. The van der Waals surface area contributed by atoms with Gasteiger partial charge in [0.05, 0.1) is 23.2 Å². The van der Waals surface area contributed by atoms with Crippen LogP contribution in [0.1, 0.15) is 50.2 Å². The van der Waals surface area contributed by atoms with Gasteiger partial charge in [0.25, 0.3) is 0 Å². The van der Waals surface area contributed by atoms with Crippen LogP contribution in [0.25, 0.3) is 0 Å².